The van der Waals surface area contributed by atoms with Crippen LogP contribution in [-0.2, 0) is 7.05 Å². The van der Waals surface area contributed by atoms with Crippen LogP contribution in [-0.4, -0.2) is 15.0 Å². The first kappa shape index (κ1) is 8.44. The van der Waals surface area contributed by atoms with Gasteiger partial charge in [-0.15, -0.1) is 0 Å². The lowest BCUT2D eigenvalue weighted by molar-refractivity contribution is 0.655. The quantitative estimate of drug-likeness (QED) is 0.762. The van der Waals surface area contributed by atoms with Gasteiger partial charge in [0.2, 0.25) is 0 Å². The molecule has 0 amide bonds. The summed E-state index contributed by atoms with van der Waals surface area (Å²) >= 11 is 3.41. The van der Waals surface area contributed by atoms with Gasteiger partial charge in [0.15, 0.2) is 0 Å². The van der Waals surface area contributed by atoms with Crippen molar-refractivity contribution in [3.63, 3.8) is 0 Å². The maximum atomic E-state index is 4.21. The van der Waals surface area contributed by atoms with Crippen molar-refractivity contribution in [3.8, 4) is 11.3 Å². The van der Waals surface area contributed by atoms with Gasteiger partial charge in [-0.2, -0.15) is 15.0 Å². The zero-order chi connectivity index (χ0) is 9.26. The number of rotatable bonds is 1. The molecule has 1 aromatic carbocycles. The van der Waals surface area contributed by atoms with Crippen LogP contribution in [0.4, 0.5) is 0 Å². The highest BCUT2D eigenvalue weighted by Crippen LogP contribution is 2.19. The van der Waals surface area contributed by atoms with Crippen LogP contribution in [0, 0.1) is 0 Å². The molecule has 13 heavy (non-hydrogen) atoms. The Bertz CT molecular complexity index is 422. The molecular weight excluding hydrogens is 230 g/mol. The Morgan fingerprint density at radius 2 is 2.23 bits per heavy atom. The molecule has 1 aromatic heterocycles. The summed E-state index contributed by atoms with van der Waals surface area (Å²) in [5.41, 5.74) is 1.96. The van der Waals surface area contributed by atoms with E-state index in [2.05, 4.69) is 26.1 Å². The number of benzene rings is 1. The van der Waals surface area contributed by atoms with Crippen molar-refractivity contribution in [2.45, 2.75) is 0 Å². The molecule has 0 unspecified atom stereocenters. The fraction of sp³-hybridized carbons (Fsp3) is 0.111. The average molecular weight is 238 g/mol. The van der Waals surface area contributed by atoms with E-state index in [0.717, 1.165) is 15.7 Å². The summed E-state index contributed by atoms with van der Waals surface area (Å²) in [6.45, 7) is 0. The van der Waals surface area contributed by atoms with Crippen LogP contribution in [0.15, 0.2) is 34.9 Å². The van der Waals surface area contributed by atoms with Crippen LogP contribution < -0.4 is 0 Å². The fourth-order valence-electron chi connectivity index (χ4n) is 1.13. The van der Waals surface area contributed by atoms with E-state index in [1.807, 2.05) is 31.3 Å². The molecule has 1 heterocycles. The van der Waals surface area contributed by atoms with Gasteiger partial charge < -0.3 is 0 Å². The van der Waals surface area contributed by atoms with Gasteiger partial charge in [-0.3, -0.25) is 0 Å². The Morgan fingerprint density at radius 1 is 1.38 bits per heavy atom. The summed E-state index contributed by atoms with van der Waals surface area (Å²) < 4.78 is 1.05. The Labute approximate surface area is 84.5 Å². The first-order valence-corrected chi connectivity index (χ1v) is 4.67. The molecule has 0 aliphatic heterocycles. The third-order valence-corrected chi connectivity index (χ3v) is 2.21. The molecule has 2 aromatic rings. The molecule has 0 N–H and O–H groups in total. The van der Waals surface area contributed by atoms with E-state index < -0.39 is 0 Å². The van der Waals surface area contributed by atoms with Gasteiger partial charge in [0, 0.05) is 17.1 Å². The van der Waals surface area contributed by atoms with Gasteiger partial charge in [-0.1, -0.05) is 28.1 Å². The van der Waals surface area contributed by atoms with Crippen molar-refractivity contribution >= 4 is 15.9 Å². The first-order chi connectivity index (χ1) is 6.25. The van der Waals surface area contributed by atoms with Crippen LogP contribution in [0.25, 0.3) is 11.3 Å². The average Bonchev–Trinajstić information content (AvgIpc) is 2.52. The molecule has 0 saturated heterocycles. The normalized spacial score (nSPS) is 10.3. The maximum absolute atomic E-state index is 4.21. The van der Waals surface area contributed by atoms with Gasteiger partial charge in [-0.05, 0) is 12.1 Å². The van der Waals surface area contributed by atoms with Gasteiger partial charge in [0.1, 0.15) is 5.69 Å². The van der Waals surface area contributed by atoms with E-state index in [9.17, 15) is 0 Å². The number of aryl methyl sites for hydroxylation is 1. The summed E-state index contributed by atoms with van der Waals surface area (Å²) in [6, 6.07) is 7.99. The smallest absolute Gasteiger partial charge is 0.113 e. The predicted octanol–water partition coefficient (Wildman–Crippen LogP) is 2.24. The van der Waals surface area contributed by atoms with Gasteiger partial charge in [0.05, 0.1) is 6.20 Å². The molecule has 4 heteroatoms. The Balaban J connectivity index is 2.46. The van der Waals surface area contributed by atoms with Gasteiger partial charge >= 0.3 is 0 Å². The van der Waals surface area contributed by atoms with Crippen molar-refractivity contribution < 1.29 is 0 Å². The molecule has 0 aliphatic rings. The van der Waals surface area contributed by atoms with Crippen molar-refractivity contribution in [2.75, 3.05) is 0 Å². The SMILES string of the molecule is Cn1ncc(-c2cccc(Br)c2)n1. The molecule has 0 saturated carbocycles. The highest BCUT2D eigenvalue weighted by Gasteiger charge is 2.01. The highest BCUT2D eigenvalue weighted by atomic mass is 79.9. The Morgan fingerprint density at radius 3 is 2.85 bits per heavy atom. The lowest BCUT2D eigenvalue weighted by atomic mass is 10.2. The number of nitrogens with zero attached hydrogens (tertiary/aromatic N) is 3. The predicted molar refractivity (Wildman–Crippen MR) is 54.1 cm³/mol. The third kappa shape index (κ3) is 1.78. The van der Waals surface area contributed by atoms with E-state index in [0.29, 0.717) is 0 Å². The van der Waals surface area contributed by atoms with Crippen LogP contribution in [0.5, 0.6) is 0 Å². The number of halogens is 1. The van der Waals surface area contributed by atoms with E-state index in [1.54, 1.807) is 11.0 Å². The van der Waals surface area contributed by atoms with Crippen LogP contribution >= 0.6 is 15.9 Å². The van der Waals surface area contributed by atoms with Crippen molar-refractivity contribution in [3.05, 3.63) is 34.9 Å². The van der Waals surface area contributed by atoms with Crippen molar-refractivity contribution in [1.29, 1.82) is 0 Å². The molecule has 0 aliphatic carbocycles. The Hall–Kier alpha value is -1.16. The molecule has 0 fully saturated rings. The van der Waals surface area contributed by atoms with E-state index >= 15 is 0 Å². The maximum Gasteiger partial charge on any atom is 0.113 e. The zero-order valence-electron chi connectivity index (χ0n) is 7.11. The lowest BCUT2D eigenvalue weighted by Crippen LogP contribution is -1.91. The second-order valence-electron chi connectivity index (χ2n) is 2.73. The minimum absolute atomic E-state index is 0.892. The molecular formula is C9H8BrN3. The van der Waals surface area contributed by atoms with Crippen LogP contribution in [0.3, 0.4) is 0 Å². The monoisotopic (exact) mass is 237 g/mol. The lowest BCUT2D eigenvalue weighted by Gasteiger charge is -1.95. The van der Waals surface area contributed by atoms with Gasteiger partial charge in [-0.25, -0.2) is 0 Å². The standard InChI is InChI=1S/C9H8BrN3/c1-13-11-6-9(12-13)7-3-2-4-8(10)5-7/h2-6H,1H3. The molecule has 3 nitrogen and oxygen atoms in total. The topological polar surface area (TPSA) is 30.7 Å². The Kier molecular flexibility index (Phi) is 2.14. The van der Waals surface area contributed by atoms with Crippen molar-refractivity contribution in [2.24, 2.45) is 7.05 Å². The molecule has 0 radical (unpaired) electrons. The molecule has 0 bridgehead atoms. The molecule has 0 spiro atoms. The van der Waals surface area contributed by atoms with E-state index in [4.69, 9.17) is 0 Å². The van der Waals surface area contributed by atoms with Gasteiger partial charge in [0.25, 0.3) is 0 Å². The fourth-order valence-corrected chi connectivity index (χ4v) is 1.53. The number of hydrogen-bond donors (Lipinski definition) is 0. The van der Waals surface area contributed by atoms with Crippen molar-refractivity contribution in [1.82, 2.24) is 15.0 Å². The third-order valence-electron chi connectivity index (χ3n) is 1.72. The summed E-state index contributed by atoms with van der Waals surface area (Å²) in [6.07, 6.45) is 1.75. The minimum Gasteiger partial charge on any atom is -0.187 e. The number of hydrogen-bond acceptors (Lipinski definition) is 2. The zero-order valence-corrected chi connectivity index (χ0v) is 8.69. The summed E-state index contributed by atoms with van der Waals surface area (Å²) in [5.74, 6) is 0. The molecule has 2 rings (SSSR count). The first-order valence-electron chi connectivity index (χ1n) is 3.88. The second kappa shape index (κ2) is 3.30. The summed E-state index contributed by atoms with van der Waals surface area (Å²) in [5, 5.41) is 8.22. The summed E-state index contributed by atoms with van der Waals surface area (Å²) in [7, 11) is 1.81. The van der Waals surface area contributed by atoms with E-state index in [1.165, 1.54) is 0 Å². The summed E-state index contributed by atoms with van der Waals surface area (Å²) in [4.78, 5) is 1.55. The highest BCUT2D eigenvalue weighted by molar-refractivity contribution is 9.10. The largest absolute Gasteiger partial charge is 0.187 e. The molecule has 66 valence electrons. The number of aromatic nitrogens is 3. The van der Waals surface area contributed by atoms with Crippen LogP contribution in [0.1, 0.15) is 0 Å². The second-order valence-corrected chi connectivity index (χ2v) is 3.65. The van der Waals surface area contributed by atoms with Crippen LogP contribution in [0.2, 0.25) is 0 Å². The minimum atomic E-state index is 0.892. The van der Waals surface area contributed by atoms with E-state index in [-0.39, 0.29) is 0 Å². The molecule has 0 atom stereocenters.